The first-order valence-electron chi connectivity index (χ1n) is 9.68. The summed E-state index contributed by atoms with van der Waals surface area (Å²) in [6.45, 7) is 0.541. The minimum absolute atomic E-state index is 0.0799. The highest BCUT2D eigenvalue weighted by Crippen LogP contribution is 2.46. The number of benzene rings is 2. The first kappa shape index (κ1) is 18.5. The van der Waals surface area contributed by atoms with Gasteiger partial charge in [-0.1, -0.05) is 43.0 Å². The van der Waals surface area contributed by atoms with Crippen molar-refractivity contribution in [2.75, 3.05) is 5.32 Å². The van der Waals surface area contributed by atoms with Crippen LogP contribution in [-0.4, -0.2) is 5.84 Å². The number of nitrogens with zero attached hydrogens (tertiary/aromatic N) is 3. The molecular weight excluding hydrogens is 368 g/mol. The van der Waals surface area contributed by atoms with Crippen molar-refractivity contribution in [1.29, 1.82) is 10.5 Å². The molecular formula is C23H21ClN4. The lowest BCUT2D eigenvalue weighted by atomic mass is 9.66. The summed E-state index contributed by atoms with van der Waals surface area (Å²) in [5.41, 5.74) is 3.91. The third-order valence-electron chi connectivity index (χ3n) is 5.93. The smallest absolute Gasteiger partial charge is 0.108 e. The largest absolute Gasteiger partial charge is 0.342 e. The monoisotopic (exact) mass is 388 g/mol. The Kier molecular flexibility index (Phi) is 5.07. The minimum Gasteiger partial charge on any atom is -0.342 e. The number of anilines is 1. The van der Waals surface area contributed by atoms with Crippen LogP contribution in [0, 0.1) is 28.1 Å². The maximum Gasteiger partial charge on any atom is 0.108 e. The minimum atomic E-state index is -0.0799. The van der Waals surface area contributed by atoms with Gasteiger partial charge in [0.05, 0.1) is 29.4 Å². The van der Waals surface area contributed by atoms with E-state index in [9.17, 15) is 10.5 Å². The predicted molar refractivity (Wildman–Crippen MR) is 111 cm³/mol. The van der Waals surface area contributed by atoms with Crippen LogP contribution in [0.2, 0.25) is 5.02 Å². The van der Waals surface area contributed by atoms with E-state index in [2.05, 4.69) is 17.5 Å². The van der Waals surface area contributed by atoms with Gasteiger partial charge < -0.3 is 5.32 Å². The molecule has 28 heavy (non-hydrogen) atoms. The highest BCUT2D eigenvalue weighted by molar-refractivity contribution is 6.30. The Bertz CT molecular complexity index is 1020. The molecule has 1 spiro atoms. The highest BCUT2D eigenvalue weighted by atomic mass is 35.5. The number of amidine groups is 1. The van der Waals surface area contributed by atoms with Crippen molar-refractivity contribution in [3.63, 3.8) is 0 Å². The van der Waals surface area contributed by atoms with Gasteiger partial charge in [0.25, 0.3) is 0 Å². The summed E-state index contributed by atoms with van der Waals surface area (Å²) < 4.78 is 0. The molecule has 0 unspecified atom stereocenters. The molecule has 2 aliphatic rings. The summed E-state index contributed by atoms with van der Waals surface area (Å²) in [5.74, 6) is 0.950. The van der Waals surface area contributed by atoms with Crippen molar-refractivity contribution >= 4 is 23.1 Å². The van der Waals surface area contributed by atoms with Crippen molar-refractivity contribution in [3.05, 3.63) is 63.7 Å². The Morgan fingerprint density at radius 2 is 1.79 bits per heavy atom. The fraction of sp³-hybridized carbons (Fsp3) is 0.348. The third kappa shape index (κ3) is 3.37. The van der Waals surface area contributed by atoms with Crippen LogP contribution in [0.5, 0.6) is 0 Å². The number of rotatable bonds is 2. The summed E-state index contributed by atoms with van der Waals surface area (Å²) in [6.07, 6.45) is 6.42. The van der Waals surface area contributed by atoms with Crippen LogP contribution in [0.3, 0.4) is 0 Å². The fourth-order valence-electron chi connectivity index (χ4n) is 4.50. The van der Waals surface area contributed by atoms with Gasteiger partial charge in [0, 0.05) is 10.4 Å². The Morgan fingerprint density at radius 3 is 2.50 bits per heavy atom. The van der Waals surface area contributed by atoms with E-state index in [1.165, 1.54) is 6.42 Å². The van der Waals surface area contributed by atoms with Crippen LogP contribution in [0.1, 0.15) is 54.4 Å². The van der Waals surface area contributed by atoms with Gasteiger partial charge in [-0.2, -0.15) is 10.5 Å². The second kappa shape index (κ2) is 7.66. The maximum absolute atomic E-state index is 9.58. The van der Waals surface area contributed by atoms with Crippen molar-refractivity contribution in [2.24, 2.45) is 10.4 Å². The van der Waals surface area contributed by atoms with Crippen LogP contribution in [0.15, 0.2) is 41.4 Å². The second-order valence-corrected chi connectivity index (χ2v) is 8.11. The van der Waals surface area contributed by atoms with E-state index in [1.54, 1.807) is 12.1 Å². The zero-order valence-corrected chi connectivity index (χ0v) is 16.4. The van der Waals surface area contributed by atoms with E-state index in [-0.39, 0.29) is 5.41 Å². The van der Waals surface area contributed by atoms with Crippen molar-refractivity contribution in [1.82, 2.24) is 0 Å². The summed E-state index contributed by atoms with van der Waals surface area (Å²) in [4.78, 5) is 4.96. The number of nitrogens with one attached hydrogen (secondary N) is 1. The summed E-state index contributed by atoms with van der Waals surface area (Å²) >= 11 is 6.12. The highest BCUT2D eigenvalue weighted by Gasteiger charge is 2.42. The third-order valence-corrected chi connectivity index (χ3v) is 6.17. The molecule has 0 radical (unpaired) electrons. The molecule has 5 heteroatoms. The SMILES string of the molecule is N#Cc1ccc(C#N)c2c1CC1(CCCCC1)C(=NCc1cccc(Cl)c1)N2. The van der Waals surface area contributed by atoms with Gasteiger partial charge >= 0.3 is 0 Å². The molecule has 1 aliphatic carbocycles. The van der Waals surface area contributed by atoms with Gasteiger partial charge in [-0.05, 0) is 54.7 Å². The Morgan fingerprint density at radius 1 is 1.04 bits per heavy atom. The Balaban J connectivity index is 1.78. The topological polar surface area (TPSA) is 72.0 Å². The molecule has 1 N–H and O–H groups in total. The number of hydrogen-bond donors (Lipinski definition) is 1. The lowest BCUT2D eigenvalue weighted by Crippen LogP contribution is -2.44. The molecule has 0 saturated heterocycles. The molecule has 1 saturated carbocycles. The number of aliphatic imine (C=N–C) groups is 1. The zero-order valence-electron chi connectivity index (χ0n) is 15.6. The van der Waals surface area contributed by atoms with Crippen LogP contribution in [-0.2, 0) is 13.0 Å². The second-order valence-electron chi connectivity index (χ2n) is 7.68. The molecule has 0 amide bonds. The van der Waals surface area contributed by atoms with E-state index < -0.39 is 0 Å². The van der Waals surface area contributed by atoms with Crippen LogP contribution >= 0.6 is 11.6 Å². The molecule has 140 valence electrons. The average molecular weight is 389 g/mol. The molecule has 4 rings (SSSR count). The number of nitriles is 2. The Labute approximate surface area is 170 Å². The maximum atomic E-state index is 9.58. The summed E-state index contributed by atoms with van der Waals surface area (Å²) in [7, 11) is 0. The van der Waals surface area contributed by atoms with E-state index >= 15 is 0 Å². The molecule has 1 fully saturated rings. The van der Waals surface area contributed by atoms with Gasteiger partial charge in [0.2, 0.25) is 0 Å². The van der Waals surface area contributed by atoms with E-state index in [1.807, 2.05) is 24.3 Å². The van der Waals surface area contributed by atoms with Crippen LogP contribution < -0.4 is 5.32 Å². The predicted octanol–water partition coefficient (Wildman–Crippen LogP) is 5.60. The number of halogens is 1. The molecule has 1 aliphatic heterocycles. The van der Waals surface area contributed by atoms with Crippen molar-refractivity contribution in [3.8, 4) is 12.1 Å². The molecule has 0 atom stereocenters. The number of hydrogen-bond acceptors (Lipinski definition) is 3. The zero-order chi connectivity index (χ0) is 19.6. The van der Waals surface area contributed by atoms with E-state index in [0.29, 0.717) is 22.7 Å². The fourth-order valence-corrected chi connectivity index (χ4v) is 4.71. The van der Waals surface area contributed by atoms with Crippen molar-refractivity contribution < 1.29 is 0 Å². The lowest BCUT2D eigenvalue weighted by Gasteiger charge is -2.43. The first-order chi connectivity index (χ1) is 13.6. The van der Waals surface area contributed by atoms with Gasteiger partial charge in [0.1, 0.15) is 11.9 Å². The number of fused-ring (bicyclic) bond motifs is 1. The lowest BCUT2D eigenvalue weighted by molar-refractivity contribution is 0.278. The van der Waals surface area contributed by atoms with Crippen molar-refractivity contribution in [2.45, 2.75) is 45.1 Å². The molecule has 0 bridgehead atoms. The van der Waals surface area contributed by atoms with E-state index in [0.717, 1.165) is 54.8 Å². The standard InChI is InChI=1S/C23H21ClN4/c24-19-6-4-5-16(11-19)15-27-22-23(9-2-1-3-10-23)12-20-17(13-25)7-8-18(14-26)21(20)28-22/h4-8,11H,1-3,9-10,12,15H2,(H,27,28). The molecule has 4 nitrogen and oxygen atoms in total. The van der Waals surface area contributed by atoms with Crippen LogP contribution in [0.25, 0.3) is 0 Å². The Hall–Kier alpha value is -2.82. The first-order valence-corrected chi connectivity index (χ1v) is 10.1. The van der Waals surface area contributed by atoms with Gasteiger partial charge in [0.15, 0.2) is 0 Å². The summed E-state index contributed by atoms with van der Waals surface area (Å²) in [5, 5.41) is 23.3. The van der Waals surface area contributed by atoms with Gasteiger partial charge in [-0.15, -0.1) is 0 Å². The summed E-state index contributed by atoms with van der Waals surface area (Å²) in [6, 6.07) is 15.8. The quantitative estimate of drug-likeness (QED) is 0.727. The van der Waals surface area contributed by atoms with Gasteiger partial charge in [-0.3, -0.25) is 4.99 Å². The van der Waals surface area contributed by atoms with Crippen LogP contribution in [0.4, 0.5) is 5.69 Å². The van der Waals surface area contributed by atoms with Gasteiger partial charge in [-0.25, -0.2) is 0 Å². The normalized spacial score (nSPS) is 18.8. The molecule has 0 aromatic heterocycles. The molecule has 2 aromatic carbocycles. The molecule has 1 heterocycles. The van der Waals surface area contributed by atoms with E-state index in [4.69, 9.17) is 16.6 Å². The average Bonchev–Trinajstić information content (AvgIpc) is 2.72. The molecule has 2 aromatic rings.